The molecule has 3 aliphatic rings. The molecule has 0 aromatic heterocycles. The topological polar surface area (TPSA) is 23.5 Å². The zero-order chi connectivity index (χ0) is 9.54. The van der Waals surface area contributed by atoms with Crippen molar-refractivity contribution in [1.29, 1.82) is 0 Å². The normalized spacial score (nSPS) is 48.6. The Morgan fingerprint density at radius 2 is 1.64 bits per heavy atom. The standard InChI is InChI=1S/C12H21NO/c14-12-9-3-5-10(12)11(6-4-9)13-7-1-2-8-13/h9-12,14H,1-8H2/t9-,10+,11-,12+/m0/s1. The Balaban J connectivity index is 1.73. The average Bonchev–Trinajstić information content (AvgIpc) is 2.76. The number of likely N-dealkylation sites (tertiary alicyclic amines) is 1. The fraction of sp³-hybridized carbons (Fsp3) is 1.00. The third kappa shape index (κ3) is 1.31. The van der Waals surface area contributed by atoms with E-state index >= 15 is 0 Å². The molecule has 3 rings (SSSR count). The van der Waals surface area contributed by atoms with Crippen LogP contribution in [0.1, 0.15) is 38.5 Å². The van der Waals surface area contributed by atoms with Gasteiger partial charge in [-0.2, -0.15) is 0 Å². The Kier molecular flexibility index (Phi) is 2.29. The summed E-state index contributed by atoms with van der Waals surface area (Å²) in [7, 11) is 0. The highest BCUT2D eigenvalue weighted by Gasteiger charge is 2.45. The Hall–Kier alpha value is -0.0800. The maximum atomic E-state index is 10.1. The molecule has 2 aliphatic carbocycles. The van der Waals surface area contributed by atoms with Gasteiger partial charge in [-0.25, -0.2) is 0 Å². The van der Waals surface area contributed by atoms with Crippen LogP contribution in [-0.2, 0) is 0 Å². The first-order valence-electron chi connectivity index (χ1n) is 6.28. The maximum Gasteiger partial charge on any atom is 0.0611 e. The molecule has 2 heteroatoms. The molecule has 1 heterocycles. The molecular formula is C12H21NO. The van der Waals surface area contributed by atoms with E-state index < -0.39 is 0 Å². The molecular weight excluding hydrogens is 174 g/mol. The van der Waals surface area contributed by atoms with Crippen LogP contribution in [-0.4, -0.2) is 35.2 Å². The van der Waals surface area contributed by atoms with Gasteiger partial charge in [0.2, 0.25) is 0 Å². The number of aliphatic hydroxyl groups is 1. The third-order valence-corrected chi connectivity index (χ3v) is 4.73. The van der Waals surface area contributed by atoms with Crippen molar-refractivity contribution in [2.24, 2.45) is 11.8 Å². The zero-order valence-electron chi connectivity index (χ0n) is 8.86. The Labute approximate surface area is 86.3 Å². The molecule has 2 saturated carbocycles. The molecule has 0 amide bonds. The van der Waals surface area contributed by atoms with Gasteiger partial charge in [0.25, 0.3) is 0 Å². The SMILES string of the molecule is O[C@@H]1[C@H]2CC[C@@H]1[C@@H](N1CCCC1)CC2. The fourth-order valence-corrected chi connectivity index (χ4v) is 3.96. The first-order chi connectivity index (χ1) is 6.86. The van der Waals surface area contributed by atoms with Gasteiger partial charge in [0.1, 0.15) is 0 Å². The number of aliphatic hydroxyl groups excluding tert-OH is 1. The fourth-order valence-electron chi connectivity index (χ4n) is 3.96. The van der Waals surface area contributed by atoms with E-state index in [1.165, 1.54) is 51.6 Å². The number of fused-ring (bicyclic) bond motifs is 2. The third-order valence-electron chi connectivity index (χ3n) is 4.73. The van der Waals surface area contributed by atoms with Crippen molar-refractivity contribution in [1.82, 2.24) is 4.90 Å². The van der Waals surface area contributed by atoms with Crippen molar-refractivity contribution in [3.05, 3.63) is 0 Å². The summed E-state index contributed by atoms with van der Waals surface area (Å²) in [6, 6.07) is 0.728. The molecule has 80 valence electrons. The second-order valence-electron chi connectivity index (χ2n) is 5.38. The molecule has 2 bridgehead atoms. The lowest BCUT2D eigenvalue weighted by molar-refractivity contribution is 0.00634. The highest BCUT2D eigenvalue weighted by atomic mass is 16.3. The highest BCUT2D eigenvalue weighted by Crippen LogP contribution is 2.44. The molecule has 1 saturated heterocycles. The molecule has 1 aliphatic heterocycles. The molecule has 0 unspecified atom stereocenters. The van der Waals surface area contributed by atoms with Crippen molar-refractivity contribution in [3.8, 4) is 0 Å². The molecule has 2 nitrogen and oxygen atoms in total. The van der Waals surface area contributed by atoms with Crippen molar-refractivity contribution in [2.75, 3.05) is 13.1 Å². The van der Waals surface area contributed by atoms with Gasteiger partial charge in [0, 0.05) is 12.0 Å². The number of nitrogens with zero attached hydrogens (tertiary/aromatic N) is 1. The maximum absolute atomic E-state index is 10.1. The van der Waals surface area contributed by atoms with E-state index in [1.54, 1.807) is 0 Å². The van der Waals surface area contributed by atoms with Crippen LogP contribution in [0.2, 0.25) is 0 Å². The summed E-state index contributed by atoms with van der Waals surface area (Å²) in [4.78, 5) is 2.65. The lowest BCUT2D eigenvalue weighted by atomic mass is 9.81. The molecule has 0 aromatic carbocycles. The summed E-state index contributed by atoms with van der Waals surface area (Å²) in [6.45, 7) is 2.58. The summed E-state index contributed by atoms with van der Waals surface area (Å²) in [5, 5.41) is 10.1. The molecule has 4 atom stereocenters. The molecule has 1 N–H and O–H groups in total. The number of hydrogen-bond donors (Lipinski definition) is 1. The van der Waals surface area contributed by atoms with Crippen LogP contribution in [0, 0.1) is 11.8 Å². The van der Waals surface area contributed by atoms with Crippen molar-refractivity contribution in [3.63, 3.8) is 0 Å². The van der Waals surface area contributed by atoms with Crippen LogP contribution in [0.15, 0.2) is 0 Å². The predicted octanol–water partition coefficient (Wildman–Crippen LogP) is 1.63. The summed E-state index contributed by atoms with van der Waals surface area (Å²) in [6.07, 6.45) is 7.99. The van der Waals surface area contributed by atoms with E-state index in [1.807, 2.05) is 0 Å². The second kappa shape index (κ2) is 3.49. The minimum atomic E-state index is 0.0364. The number of hydrogen-bond acceptors (Lipinski definition) is 2. The van der Waals surface area contributed by atoms with E-state index in [9.17, 15) is 5.11 Å². The molecule has 14 heavy (non-hydrogen) atoms. The van der Waals surface area contributed by atoms with Crippen LogP contribution in [0.25, 0.3) is 0 Å². The quantitative estimate of drug-likeness (QED) is 0.687. The lowest BCUT2D eigenvalue weighted by Crippen LogP contribution is -2.45. The van der Waals surface area contributed by atoms with Crippen LogP contribution >= 0.6 is 0 Å². The molecule has 0 spiro atoms. The molecule has 3 fully saturated rings. The smallest absolute Gasteiger partial charge is 0.0611 e. The molecule has 0 radical (unpaired) electrons. The zero-order valence-corrected chi connectivity index (χ0v) is 8.86. The van der Waals surface area contributed by atoms with Gasteiger partial charge < -0.3 is 10.0 Å². The lowest BCUT2D eigenvalue weighted by Gasteiger charge is -2.39. The van der Waals surface area contributed by atoms with Crippen molar-refractivity contribution < 1.29 is 5.11 Å². The first-order valence-corrected chi connectivity index (χ1v) is 6.28. The van der Waals surface area contributed by atoms with E-state index in [-0.39, 0.29) is 6.10 Å². The Bertz CT molecular complexity index is 212. The van der Waals surface area contributed by atoms with Crippen molar-refractivity contribution in [2.45, 2.75) is 50.7 Å². The summed E-state index contributed by atoms with van der Waals surface area (Å²) >= 11 is 0. The summed E-state index contributed by atoms with van der Waals surface area (Å²) in [5.41, 5.74) is 0. The minimum Gasteiger partial charge on any atom is -0.392 e. The monoisotopic (exact) mass is 195 g/mol. The van der Waals surface area contributed by atoms with Gasteiger partial charge >= 0.3 is 0 Å². The van der Waals surface area contributed by atoms with Gasteiger partial charge in [-0.15, -0.1) is 0 Å². The van der Waals surface area contributed by atoms with Gasteiger partial charge in [0.15, 0.2) is 0 Å². The van der Waals surface area contributed by atoms with E-state index in [0.717, 1.165) is 6.04 Å². The van der Waals surface area contributed by atoms with E-state index in [4.69, 9.17) is 0 Å². The van der Waals surface area contributed by atoms with Gasteiger partial charge in [0.05, 0.1) is 6.10 Å². The Morgan fingerprint density at radius 3 is 2.43 bits per heavy atom. The van der Waals surface area contributed by atoms with E-state index in [2.05, 4.69) is 4.90 Å². The van der Waals surface area contributed by atoms with Crippen LogP contribution in [0.5, 0.6) is 0 Å². The minimum absolute atomic E-state index is 0.0364. The number of rotatable bonds is 1. The first kappa shape index (κ1) is 9.17. The van der Waals surface area contributed by atoms with Crippen molar-refractivity contribution >= 4 is 0 Å². The van der Waals surface area contributed by atoms with Gasteiger partial charge in [-0.05, 0) is 57.5 Å². The Morgan fingerprint density at radius 1 is 0.929 bits per heavy atom. The van der Waals surface area contributed by atoms with Gasteiger partial charge in [-0.1, -0.05) is 0 Å². The summed E-state index contributed by atoms with van der Waals surface area (Å²) < 4.78 is 0. The van der Waals surface area contributed by atoms with Gasteiger partial charge in [-0.3, -0.25) is 0 Å². The van der Waals surface area contributed by atoms with Crippen LogP contribution in [0.4, 0.5) is 0 Å². The summed E-state index contributed by atoms with van der Waals surface area (Å²) in [5.74, 6) is 1.27. The highest BCUT2D eigenvalue weighted by molar-refractivity contribution is 4.98. The average molecular weight is 195 g/mol. The molecule has 0 aromatic rings. The predicted molar refractivity (Wildman–Crippen MR) is 56.0 cm³/mol. The van der Waals surface area contributed by atoms with E-state index in [0.29, 0.717) is 11.8 Å². The second-order valence-corrected chi connectivity index (χ2v) is 5.38. The van der Waals surface area contributed by atoms with Crippen LogP contribution in [0.3, 0.4) is 0 Å². The van der Waals surface area contributed by atoms with Crippen LogP contribution < -0.4 is 0 Å². The largest absolute Gasteiger partial charge is 0.392 e.